The van der Waals surface area contributed by atoms with Crippen molar-refractivity contribution in [2.45, 2.75) is 78.6 Å². The molecule has 0 saturated heterocycles. The summed E-state index contributed by atoms with van der Waals surface area (Å²) < 4.78 is 94.0. The topological polar surface area (TPSA) is 55.6 Å². The second-order valence-electron chi connectivity index (χ2n) is 20.8. The standard InChI is InChI=1S/C64H57N7.Pt/c1-62(2,3)45-36-37-65-58(38-45)71-53-31-17-16-28-51(53)52-35-34-48(40-56(52)71)70(59-41-57(63(4,5)6)66-61(67-59)64(7,8)9)47-27-20-26-46(39-47)68-42-69(55-33-19-18-32-54(55)68)60-49(43-22-12-10-13-23-43)29-21-30-50(60)44-24-14-11-15-25-44;/h10-38,41H,1-9H3;/q-2;/i10D,11D,12D,13D,14D,15D,22D,23D,24D,25D;. The Labute approximate surface area is 451 Å². The molecule has 0 aliphatic heterocycles. The molecule has 0 N–H and O–H groups in total. The molecule has 7 nitrogen and oxygen atoms in total. The first-order valence-electron chi connectivity index (χ1n) is 28.6. The van der Waals surface area contributed by atoms with Gasteiger partial charge < -0.3 is 14.0 Å². The van der Waals surface area contributed by atoms with E-state index in [9.17, 15) is 0 Å². The SMILES string of the molecule is [2H]c1c([2H])c([2H])c(-c2cccc(-c3c([2H])c([2H])c([2H])c([2H])c3[2H])c2-[n+]2[c-]n(-c3[c-]c(N(c4[c-]c5c(cc4)c4ccccc4n5-c4cc(C(C)(C)C)ccn4)c4cc(C(C)(C)C)nc(C(C)(C)C)n4)ccc3)c3ccccc32)c([2H])c1[2H].[Pt]. The zero-order valence-corrected chi connectivity index (χ0v) is 43.8. The average molecular weight is 1130 g/mol. The molecule has 0 spiro atoms. The van der Waals surface area contributed by atoms with E-state index >= 15 is 0 Å². The summed E-state index contributed by atoms with van der Waals surface area (Å²) in [7, 11) is 0. The first-order chi connectivity index (χ1) is 38.3. The number of pyridine rings is 1. The zero-order chi connectivity index (χ0) is 57.9. The fourth-order valence-corrected chi connectivity index (χ4v) is 8.97. The van der Waals surface area contributed by atoms with Crippen LogP contribution in [-0.2, 0) is 37.3 Å². The number of anilines is 3. The van der Waals surface area contributed by atoms with E-state index in [0.29, 0.717) is 39.7 Å². The van der Waals surface area contributed by atoms with Gasteiger partial charge >= 0.3 is 0 Å². The van der Waals surface area contributed by atoms with Crippen LogP contribution < -0.4 is 9.47 Å². The van der Waals surface area contributed by atoms with Crippen molar-refractivity contribution < 1.29 is 39.3 Å². The molecular formula is C64H57N7Pt-2. The monoisotopic (exact) mass is 1130 g/mol. The third-order valence-corrected chi connectivity index (χ3v) is 12.6. The number of para-hydroxylation sites is 4. The molecule has 0 atom stereocenters. The fourth-order valence-electron chi connectivity index (χ4n) is 8.97. The molecule has 0 radical (unpaired) electrons. The molecule has 0 aliphatic rings. The van der Waals surface area contributed by atoms with E-state index in [2.05, 4.69) is 116 Å². The van der Waals surface area contributed by atoms with Crippen molar-refractivity contribution in [3.63, 3.8) is 0 Å². The molecule has 11 rings (SSSR count). The van der Waals surface area contributed by atoms with Crippen molar-refractivity contribution >= 4 is 50.0 Å². The third kappa shape index (κ3) is 8.85. The van der Waals surface area contributed by atoms with Gasteiger partial charge in [0, 0.05) is 49.7 Å². The summed E-state index contributed by atoms with van der Waals surface area (Å²) in [6.45, 7) is 19.2. The molecule has 0 saturated carbocycles. The summed E-state index contributed by atoms with van der Waals surface area (Å²) in [6.07, 6.45) is 5.37. The second kappa shape index (κ2) is 18.6. The van der Waals surface area contributed by atoms with Crippen LogP contribution in [0.4, 0.5) is 17.2 Å². The van der Waals surface area contributed by atoms with E-state index in [1.807, 2.05) is 77.8 Å². The van der Waals surface area contributed by atoms with Gasteiger partial charge in [0.1, 0.15) is 17.5 Å². The van der Waals surface area contributed by atoms with Crippen LogP contribution in [0.2, 0.25) is 0 Å². The molecule has 0 bridgehead atoms. The number of hydrogen-bond donors (Lipinski definition) is 0. The molecule has 4 heterocycles. The first kappa shape index (κ1) is 37.3. The Balaban J connectivity index is 0.00000753. The molecule has 360 valence electrons. The summed E-state index contributed by atoms with van der Waals surface area (Å²) in [5, 5.41) is 2.02. The Morgan fingerprint density at radius 3 is 1.89 bits per heavy atom. The Hall–Kier alpha value is -7.47. The van der Waals surface area contributed by atoms with Gasteiger partial charge in [-0.15, -0.1) is 23.6 Å². The number of imidazole rings is 1. The average Bonchev–Trinajstić information content (AvgIpc) is 4.10. The number of nitrogens with zero attached hydrogens (tertiary/aromatic N) is 7. The molecule has 8 heteroatoms. The number of fused-ring (bicyclic) bond motifs is 4. The van der Waals surface area contributed by atoms with Crippen molar-refractivity contribution in [3.05, 3.63) is 217 Å². The fraction of sp³-hybridized carbons (Fsp3) is 0.188. The molecular weight excluding hydrogens is 1060 g/mol. The van der Waals surface area contributed by atoms with Crippen molar-refractivity contribution in [1.82, 2.24) is 24.1 Å². The van der Waals surface area contributed by atoms with Crippen molar-refractivity contribution in [2.75, 3.05) is 4.90 Å². The van der Waals surface area contributed by atoms with Crippen LogP contribution in [0.5, 0.6) is 0 Å². The van der Waals surface area contributed by atoms with E-state index in [1.54, 1.807) is 27.3 Å². The number of rotatable bonds is 8. The van der Waals surface area contributed by atoms with Gasteiger partial charge in [-0.2, -0.15) is 24.3 Å². The molecule has 0 amide bonds. The molecule has 0 fully saturated rings. The van der Waals surface area contributed by atoms with Gasteiger partial charge in [0.25, 0.3) is 6.33 Å². The Kier molecular flexibility index (Phi) is 9.65. The summed E-state index contributed by atoms with van der Waals surface area (Å²) >= 11 is 0. The van der Waals surface area contributed by atoms with Gasteiger partial charge in [-0.25, -0.2) is 15.0 Å². The van der Waals surface area contributed by atoms with Crippen LogP contribution in [0.15, 0.2) is 182 Å². The van der Waals surface area contributed by atoms with Crippen molar-refractivity contribution in [3.8, 4) is 39.4 Å². The van der Waals surface area contributed by atoms with E-state index in [0.717, 1.165) is 38.9 Å². The predicted octanol–water partition coefficient (Wildman–Crippen LogP) is 15.3. The van der Waals surface area contributed by atoms with E-state index in [4.69, 9.17) is 28.7 Å². The summed E-state index contributed by atoms with van der Waals surface area (Å²) in [6, 6.07) is 38.8. The van der Waals surface area contributed by atoms with E-state index in [1.165, 1.54) is 0 Å². The largest absolute Gasteiger partial charge is 0.344 e. The van der Waals surface area contributed by atoms with Gasteiger partial charge in [0.15, 0.2) is 0 Å². The molecule has 11 aromatic rings. The van der Waals surface area contributed by atoms with Gasteiger partial charge in [-0.05, 0) is 62.5 Å². The second-order valence-corrected chi connectivity index (χ2v) is 20.8. The van der Waals surface area contributed by atoms with Crippen LogP contribution >= 0.6 is 0 Å². The number of benzene rings is 7. The van der Waals surface area contributed by atoms with E-state index < -0.39 is 65.8 Å². The summed E-state index contributed by atoms with van der Waals surface area (Å²) in [5.41, 5.74) is 5.76. The number of hydrogen-bond acceptors (Lipinski definition) is 4. The van der Waals surface area contributed by atoms with Crippen molar-refractivity contribution in [2.24, 2.45) is 0 Å². The Morgan fingerprint density at radius 2 is 1.22 bits per heavy atom. The molecule has 0 unspecified atom stereocenters. The predicted molar refractivity (Wildman–Crippen MR) is 291 cm³/mol. The van der Waals surface area contributed by atoms with Crippen LogP contribution in [0.3, 0.4) is 0 Å². The van der Waals surface area contributed by atoms with Gasteiger partial charge in [-0.1, -0.05) is 200 Å². The zero-order valence-electron chi connectivity index (χ0n) is 51.5. The molecule has 72 heavy (non-hydrogen) atoms. The molecule has 0 aliphatic carbocycles. The van der Waals surface area contributed by atoms with Crippen LogP contribution in [0.1, 0.15) is 93.1 Å². The summed E-state index contributed by atoms with van der Waals surface area (Å²) in [5.74, 6) is 1.97. The number of aromatic nitrogens is 6. The Morgan fingerprint density at radius 1 is 0.583 bits per heavy atom. The van der Waals surface area contributed by atoms with Crippen LogP contribution in [0, 0.1) is 18.5 Å². The molecule has 4 aromatic heterocycles. The van der Waals surface area contributed by atoms with E-state index in [-0.39, 0.29) is 59.8 Å². The Bertz CT molecular complexity index is 4220. The maximum absolute atomic E-state index is 9.17. The van der Waals surface area contributed by atoms with Crippen LogP contribution in [0.25, 0.3) is 72.3 Å². The minimum Gasteiger partial charge on any atom is -0.344 e. The van der Waals surface area contributed by atoms with Gasteiger partial charge in [0.2, 0.25) is 0 Å². The van der Waals surface area contributed by atoms with Crippen LogP contribution in [-0.4, -0.2) is 24.1 Å². The minimum absolute atomic E-state index is 0. The smallest absolute Gasteiger partial charge is 0.268 e. The minimum atomic E-state index is -0.577. The third-order valence-electron chi connectivity index (χ3n) is 12.6. The first-order valence-corrected chi connectivity index (χ1v) is 23.6. The quantitative estimate of drug-likeness (QED) is 0.112. The summed E-state index contributed by atoms with van der Waals surface area (Å²) in [4.78, 5) is 17.5. The van der Waals surface area contributed by atoms with Gasteiger partial charge in [-0.3, -0.25) is 4.57 Å². The van der Waals surface area contributed by atoms with Gasteiger partial charge in [0.05, 0.1) is 36.1 Å². The normalized spacial score (nSPS) is 14.1. The van der Waals surface area contributed by atoms with Crippen molar-refractivity contribution in [1.29, 1.82) is 0 Å². The molecule has 7 aromatic carbocycles. The maximum atomic E-state index is 9.17. The maximum Gasteiger partial charge on any atom is 0.268 e.